The van der Waals surface area contributed by atoms with Crippen LogP contribution in [0, 0.1) is 5.92 Å². The molecule has 204 valence electrons. The molecule has 8 nitrogen and oxygen atoms in total. The van der Waals surface area contributed by atoms with Gasteiger partial charge in [-0.1, -0.05) is 66.7 Å². The summed E-state index contributed by atoms with van der Waals surface area (Å²) in [5.41, 5.74) is 1.89. The van der Waals surface area contributed by atoms with Crippen molar-refractivity contribution >= 4 is 29.4 Å². The highest BCUT2D eigenvalue weighted by Gasteiger charge is 2.74. The van der Waals surface area contributed by atoms with E-state index in [2.05, 4.69) is 0 Å². The van der Waals surface area contributed by atoms with Gasteiger partial charge in [0.1, 0.15) is 0 Å². The minimum atomic E-state index is -1.12. The van der Waals surface area contributed by atoms with E-state index in [0.29, 0.717) is 24.3 Å². The molecule has 3 aromatic carbocycles. The highest BCUT2D eigenvalue weighted by molar-refractivity contribution is 6.01. The molecule has 4 fully saturated rings. The van der Waals surface area contributed by atoms with Crippen LogP contribution in [0.25, 0.3) is 0 Å². The number of carbonyl (C=O) groups excluding carboxylic acids is 2. The Balaban J connectivity index is 1.22. The largest absolute Gasteiger partial charge is 0.480 e. The van der Waals surface area contributed by atoms with E-state index in [4.69, 9.17) is 0 Å². The molecule has 2 heterocycles. The minimum Gasteiger partial charge on any atom is -0.480 e. The number of likely N-dealkylation sites (tertiary alicyclic amines) is 1. The van der Waals surface area contributed by atoms with E-state index < -0.39 is 23.6 Å². The molecule has 4 aliphatic rings. The topological polar surface area (TPSA) is 84.4 Å². The Morgan fingerprint density at radius 1 is 0.825 bits per heavy atom. The Morgan fingerprint density at radius 2 is 1.40 bits per heavy atom. The van der Waals surface area contributed by atoms with Gasteiger partial charge in [-0.2, -0.15) is 0 Å². The number of nitrogens with zero attached hydrogens (tertiary/aromatic N) is 4. The average molecular weight is 537 g/mol. The smallest absolute Gasteiger partial charge is 0.330 e. The Kier molecular flexibility index (Phi) is 5.80. The quantitative estimate of drug-likeness (QED) is 0.462. The van der Waals surface area contributed by atoms with Crippen LogP contribution in [-0.4, -0.2) is 68.0 Å². The van der Waals surface area contributed by atoms with Crippen molar-refractivity contribution < 1.29 is 19.5 Å². The first-order valence-corrected chi connectivity index (χ1v) is 14.1. The molecule has 2 aliphatic carbocycles. The van der Waals surface area contributed by atoms with E-state index >= 15 is 0 Å². The lowest BCUT2D eigenvalue weighted by atomic mass is 9.98. The van der Waals surface area contributed by atoms with Gasteiger partial charge in [0.2, 0.25) is 0 Å². The van der Waals surface area contributed by atoms with Crippen LogP contribution >= 0.6 is 0 Å². The summed E-state index contributed by atoms with van der Waals surface area (Å²) in [6.45, 7) is 0.722. The van der Waals surface area contributed by atoms with Crippen molar-refractivity contribution in [3.63, 3.8) is 0 Å². The number of urea groups is 2. The zero-order chi connectivity index (χ0) is 27.4. The Bertz CT molecular complexity index is 1390. The predicted molar refractivity (Wildman–Crippen MR) is 150 cm³/mol. The molecule has 2 saturated carbocycles. The predicted octanol–water partition coefficient (Wildman–Crippen LogP) is 5.33. The molecule has 0 radical (unpaired) electrons. The van der Waals surface area contributed by atoms with Crippen LogP contribution < -0.4 is 4.90 Å². The van der Waals surface area contributed by atoms with Crippen LogP contribution in [-0.2, 0) is 11.3 Å². The molecule has 8 heteroatoms. The molecule has 3 aromatic rings. The molecule has 1 spiro atoms. The number of fused-ring (bicyclic) bond motifs is 1. The first-order valence-electron chi connectivity index (χ1n) is 14.1. The molecule has 2 aliphatic heterocycles. The number of carboxylic acid groups (broad SMARTS) is 1. The second-order valence-corrected chi connectivity index (χ2v) is 11.5. The molecule has 40 heavy (non-hydrogen) atoms. The van der Waals surface area contributed by atoms with E-state index in [1.54, 1.807) is 4.90 Å². The first-order chi connectivity index (χ1) is 19.5. The van der Waals surface area contributed by atoms with Gasteiger partial charge < -0.3 is 19.8 Å². The van der Waals surface area contributed by atoms with E-state index in [-0.39, 0.29) is 30.6 Å². The van der Waals surface area contributed by atoms with E-state index in [1.165, 1.54) is 4.90 Å². The third kappa shape index (κ3) is 4.01. The van der Waals surface area contributed by atoms with Crippen molar-refractivity contribution in [1.29, 1.82) is 0 Å². The maximum absolute atomic E-state index is 14.3. The number of benzene rings is 3. The van der Waals surface area contributed by atoms with Crippen LogP contribution in [0.1, 0.15) is 31.2 Å². The number of piperidine rings is 1. The van der Waals surface area contributed by atoms with Crippen molar-refractivity contribution in [3.05, 3.63) is 96.6 Å². The van der Waals surface area contributed by atoms with Gasteiger partial charge >= 0.3 is 18.0 Å². The summed E-state index contributed by atoms with van der Waals surface area (Å²) in [6, 6.07) is 26.6. The van der Waals surface area contributed by atoms with Gasteiger partial charge in [0.15, 0.2) is 6.04 Å². The monoisotopic (exact) mass is 536 g/mol. The molecule has 0 aromatic heterocycles. The maximum Gasteiger partial charge on any atom is 0.330 e. The summed E-state index contributed by atoms with van der Waals surface area (Å²) < 4.78 is 0. The Morgan fingerprint density at radius 3 is 1.95 bits per heavy atom. The van der Waals surface area contributed by atoms with Crippen molar-refractivity contribution in [3.8, 4) is 0 Å². The van der Waals surface area contributed by atoms with Crippen molar-refractivity contribution in [2.75, 3.05) is 11.4 Å². The number of aliphatic carboxylic acids is 1. The van der Waals surface area contributed by atoms with Gasteiger partial charge in [0, 0.05) is 19.1 Å². The first kappa shape index (κ1) is 24.7. The maximum atomic E-state index is 14.3. The number of amides is 4. The van der Waals surface area contributed by atoms with E-state index in [1.807, 2.05) is 101 Å². The van der Waals surface area contributed by atoms with Crippen LogP contribution in [0.5, 0.6) is 0 Å². The average Bonchev–Trinajstić information content (AvgIpc) is 3.90. The number of piperazine rings is 1. The molecule has 4 amide bonds. The second kappa shape index (κ2) is 9.40. The van der Waals surface area contributed by atoms with Crippen LogP contribution in [0.3, 0.4) is 0 Å². The summed E-state index contributed by atoms with van der Waals surface area (Å²) in [4.78, 5) is 48.4. The SMILES string of the molecule is O=C(O)[C@@H]1[C@H]2C[C@@H]3CC3(CN1C(=O)N(c1ccccc1)c1ccccc1)N2C(=O)N(Cc1ccccc1)C1CC1. The number of carbonyl (C=O) groups is 3. The molecule has 4 atom stereocenters. The summed E-state index contributed by atoms with van der Waals surface area (Å²) in [6.07, 6.45) is 3.33. The lowest BCUT2D eigenvalue weighted by Gasteiger charge is -2.49. The van der Waals surface area contributed by atoms with Crippen LogP contribution in [0.2, 0.25) is 0 Å². The zero-order valence-electron chi connectivity index (χ0n) is 22.2. The molecular formula is C32H32N4O4. The van der Waals surface area contributed by atoms with Gasteiger partial charge in [0.05, 0.1) is 23.0 Å². The van der Waals surface area contributed by atoms with Gasteiger partial charge in [-0.3, -0.25) is 4.90 Å². The van der Waals surface area contributed by atoms with Gasteiger partial charge in [-0.05, 0) is 61.4 Å². The van der Waals surface area contributed by atoms with Gasteiger partial charge in [-0.25, -0.2) is 14.4 Å². The van der Waals surface area contributed by atoms with E-state index in [9.17, 15) is 19.5 Å². The third-order valence-corrected chi connectivity index (χ3v) is 9.04. The minimum absolute atomic E-state index is 0.0855. The molecule has 1 N–H and O–H groups in total. The summed E-state index contributed by atoms with van der Waals surface area (Å²) in [7, 11) is 0. The van der Waals surface area contributed by atoms with Crippen LogP contribution in [0.4, 0.5) is 21.0 Å². The lowest BCUT2D eigenvalue weighted by molar-refractivity contribution is -0.146. The summed E-state index contributed by atoms with van der Waals surface area (Å²) in [5.74, 6) is -0.866. The third-order valence-electron chi connectivity index (χ3n) is 9.04. The number of anilines is 2. The van der Waals surface area contributed by atoms with Gasteiger partial charge in [-0.15, -0.1) is 0 Å². The summed E-state index contributed by atoms with van der Waals surface area (Å²) in [5, 5.41) is 10.5. The van der Waals surface area contributed by atoms with Crippen LogP contribution in [0.15, 0.2) is 91.0 Å². The van der Waals surface area contributed by atoms with Crippen molar-refractivity contribution in [1.82, 2.24) is 14.7 Å². The van der Waals surface area contributed by atoms with Gasteiger partial charge in [0.25, 0.3) is 0 Å². The van der Waals surface area contributed by atoms with E-state index in [0.717, 1.165) is 24.8 Å². The highest BCUT2D eigenvalue weighted by Crippen LogP contribution is 2.62. The Labute approximate surface area is 233 Å². The molecule has 2 saturated heterocycles. The number of carboxylic acids is 1. The van der Waals surface area contributed by atoms with Crippen molar-refractivity contribution in [2.24, 2.45) is 5.92 Å². The lowest BCUT2D eigenvalue weighted by Crippen LogP contribution is -2.70. The zero-order valence-corrected chi connectivity index (χ0v) is 22.2. The molecule has 2 bridgehead atoms. The Hall–Kier alpha value is -4.33. The normalized spacial score (nSPS) is 26.1. The number of hydrogen-bond acceptors (Lipinski definition) is 3. The number of hydrogen-bond donors (Lipinski definition) is 1. The van der Waals surface area contributed by atoms with Crippen molar-refractivity contribution in [2.45, 2.75) is 55.9 Å². The molecule has 1 unspecified atom stereocenters. The summed E-state index contributed by atoms with van der Waals surface area (Å²) >= 11 is 0. The fraction of sp³-hybridized carbons (Fsp3) is 0.344. The standard InChI is InChI=1S/C32H32N4O4/c37-29(38)28-27-18-23-19-32(23,36(27)31(40)33(24-16-17-24)20-22-10-4-1-5-11-22)21-34(28)30(39)35(25-12-6-2-7-13-25)26-14-8-3-9-15-26/h1-15,23-24,27-28H,16-21H2,(H,37,38)/t23-,27-,28+,32?/m1/s1. The molecule has 7 rings (SSSR count). The highest BCUT2D eigenvalue weighted by atomic mass is 16.4. The second-order valence-electron chi connectivity index (χ2n) is 11.5. The number of rotatable bonds is 6. The fourth-order valence-electron chi connectivity index (χ4n) is 6.96. The number of para-hydroxylation sites is 2. The molecular weight excluding hydrogens is 504 g/mol. The fourth-order valence-corrected chi connectivity index (χ4v) is 6.96.